The molecule has 0 unspecified atom stereocenters. The molecular weight excluding hydrogens is 386 g/mol. The number of nitrogens with one attached hydrogen (secondary N) is 1. The van der Waals surface area contributed by atoms with E-state index >= 15 is 0 Å². The maximum absolute atomic E-state index is 12.6. The molecule has 0 bridgehead atoms. The van der Waals surface area contributed by atoms with Gasteiger partial charge in [-0.25, -0.2) is 4.79 Å². The van der Waals surface area contributed by atoms with E-state index in [1.165, 1.54) is 20.1 Å². The predicted octanol–water partition coefficient (Wildman–Crippen LogP) is 3.73. The van der Waals surface area contributed by atoms with Gasteiger partial charge in [0.15, 0.2) is 11.5 Å². The first kappa shape index (κ1) is 22.7. The Morgan fingerprint density at radius 1 is 1.03 bits per heavy atom. The van der Waals surface area contributed by atoms with E-state index in [4.69, 9.17) is 14.2 Å². The maximum Gasteiger partial charge on any atom is 0.354 e. The summed E-state index contributed by atoms with van der Waals surface area (Å²) in [7, 11) is 1.44. The molecule has 0 aliphatic carbocycles. The van der Waals surface area contributed by atoms with Gasteiger partial charge in [0.2, 0.25) is 0 Å². The molecule has 0 aliphatic heterocycles. The van der Waals surface area contributed by atoms with E-state index in [9.17, 15) is 14.4 Å². The highest BCUT2D eigenvalue weighted by Gasteiger charge is 2.17. The van der Waals surface area contributed by atoms with Gasteiger partial charge in [-0.1, -0.05) is 37.6 Å². The highest BCUT2D eigenvalue weighted by molar-refractivity contribution is 6.03. The van der Waals surface area contributed by atoms with Gasteiger partial charge in [-0.3, -0.25) is 9.59 Å². The second-order valence-electron chi connectivity index (χ2n) is 6.37. The number of ether oxygens (including phenoxy) is 3. The second-order valence-corrected chi connectivity index (χ2v) is 6.37. The van der Waals surface area contributed by atoms with Gasteiger partial charge in [-0.15, -0.1) is 0 Å². The minimum absolute atomic E-state index is 0.0118. The summed E-state index contributed by atoms with van der Waals surface area (Å²) in [6.45, 7) is 3.53. The summed E-state index contributed by atoms with van der Waals surface area (Å²) < 4.78 is 15.6. The third kappa shape index (κ3) is 6.77. The average Bonchev–Trinajstić information content (AvgIpc) is 2.74. The van der Waals surface area contributed by atoms with Crippen molar-refractivity contribution in [2.24, 2.45) is 0 Å². The first-order valence-corrected chi connectivity index (χ1v) is 9.56. The van der Waals surface area contributed by atoms with Crippen LogP contribution in [-0.4, -0.2) is 31.6 Å². The van der Waals surface area contributed by atoms with Gasteiger partial charge in [-0.05, 0) is 42.3 Å². The molecule has 158 valence electrons. The predicted molar refractivity (Wildman–Crippen MR) is 112 cm³/mol. The SMILES string of the molecule is CCCCOC(=O)/C(=C/c1ccc(OC(C)=O)c(OC)c1)NC(=O)c1ccccc1. The van der Waals surface area contributed by atoms with E-state index < -0.39 is 17.8 Å². The van der Waals surface area contributed by atoms with Crippen molar-refractivity contribution >= 4 is 23.9 Å². The summed E-state index contributed by atoms with van der Waals surface area (Å²) in [6, 6.07) is 13.3. The minimum Gasteiger partial charge on any atom is -0.493 e. The summed E-state index contributed by atoms with van der Waals surface area (Å²) >= 11 is 0. The van der Waals surface area contributed by atoms with Crippen molar-refractivity contribution < 1.29 is 28.6 Å². The van der Waals surface area contributed by atoms with Gasteiger partial charge in [0.1, 0.15) is 5.70 Å². The largest absolute Gasteiger partial charge is 0.493 e. The second kappa shape index (κ2) is 11.4. The lowest BCUT2D eigenvalue weighted by molar-refractivity contribution is -0.139. The Labute approximate surface area is 175 Å². The van der Waals surface area contributed by atoms with Crippen LogP contribution in [0.2, 0.25) is 0 Å². The lowest BCUT2D eigenvalue weighted by atomic mass is 10.1. The standard InChI is InChI=1S/C23H25NO6/c1-4-5-13-29-23(27)19(24-22(26)18-9-7-6-8-10-18)14-17-11-12-20(30-16(2)25)21(15-17)28-3/h6-12,14-15H,4-5,13H2,1-3H3,(H,24,26)/b19-14-. The molecule has 2 aromatic carbocycles. The molecule has 2 aromatic rings. The molecule has 0 atom stereocenters. The number of rotatable bonds is 9. The van der Waals surface area contributed by atoms with Crippen molar-refractivity contribution in [3.8, 4) is 11.5 Å². The number of amides is 1. The lowest BCUT2D eigenvalue weighted by Crippen LogP contribution is -2.28. The van der Waals surface area contributed by atoms with E-state index in [0.29, 0.717) is 16.9 Å². The number of methoxy groups -OCH3 is 1. The van der Waals surface area contributed by atoms with Crippen LogP contribution in [0.5, 0.6) is 11.5 Å². The normalized spacial score (nSPS) is 10.8. The Morgan fingerprint density at radius 3 is 2.40 bits per heavy atom. The summed E-state index contributed by atoms with van der Waals surface area (Å²) in [6.07, 6.45) is 3.07. The highest BCUT2D eigenvalue weighted by atomic mass is 16.6. The average molecular weight is 411 g/mol. The van der Waals surface area contributed by atoms with Crippen LogP contribution in [0.1, 0.15) is 42.6 Å². The summed E-state index contributed by atoms with van der Waals surface area (Å²) in [5, 5.41) is 2.61. The molecule has 0 fully saturated rings. The minimum atomic E-state index is -0.643. The summed E-state index contributed by atoms with van der Waals surface area (Å²) in [4.78, 5) is 36.3. The Bertz CT molecular complexity index is 921. The van der Waals surface area contributed by atoms with Crippen LogP contribution in [0.3, 0.4) is 0 Å². The number of hydrogen-bond donors (Lipinski definition) is 1. The molecular formula is C23H25NO6. The number of carbonyl (C=O) groups excluding carboxylic acids is 3. The van der Waals surface area contributed by atoms with Crippen molar-refractivity contribution in [1.29, 1.82) is 0 Å². The Balaban J connectivity index is 2.32. The van der Waals surface area contributed by atoms with E-state index in [-0.39, 0.29) is 18.1 Å². The van der Waals surface area contributed by atoms with Gasteiger partial charge in [-0.2, -0.15) is 0 Å². The zero-order valence-corrected chi connectivity index (χ0v) is 17.3. The van der Waals surface area contributed by atoms with Gasteiger partial charge in [0.25, 0.3) is 5.91 Å². The van der Waals surface area contributed by atoms with Crippen molar-refractivity contribution in [2.75, 3.05) is 13.7 Å². The molecule has 1 amide bonds. The fourth-order valence-electron chi connectivity index (χ4n) is 2.50. The lowest BCUT2D eigenvalue weighted by Gasteiger charge is -2.12. The van der Waals surface area contributed by atoms with Gasteiger partial charge < -0.3 is 19.5 Å². The quantitative estimate of drug-likeness (QED) is 0.293. The van der Waals surface area contributed by atoms with Crippen molar-refractivity contribution in [3.05, 3.63) is 65.4 Å². The summed E-state index contributed by atoms with van der Waals surface area (Å²) in [5.41, 5.74) is 0.952. The molecule has 1 N–H and O–H groups in total. The Hall–Kier alpha value is -3.61. The molecule has 0 saturated carbocycles. The van der Waals surface area contributed by atoms with Gasteiger partial charge in [0.05, 0.1) is 13.7 Å². The first-order chi connectivity index (χ1) is 14.4. The molecule has 0 radical (unpaired) electrons. The fraction of sp³-hybridized carbons (Fsp3) is 0.261. The number of benzene rings is 2. The molecule has 0 aromatic heterocycles. The number of hydrogen-bond acceptors (Lipinski definition) is 6. The van der Waals surface area contributed by atoms with Crippen LogP contribution >= 0.6 is 0 Å². The van der Waals surface area contributed by atoms with E-state index in [0.717, 1.165) is 12.8 Å². The van der Waals surface area contributed by atoms with Crippen LogP contribution in [0.25, 0.3) is 6.08 Å². The van der Waals surface area contributed by atoms with Crippen molar-refractivity contribution in [1.82, 2.24) is 5.32 Å². The van der Waals surface area contributed by atoms with Crippen LogP contribution in [0.4, 0.5) is 0 Å². The molecule has 0 spiro atoms. The molecule has 2 rings (SSSR count). The van der Waals surface area contributed by atoms with Gasteiger partial charge in [0, 0.05) is 12.5 Å². The zero-order valence-electron chi connectivity index (χ0n) is 17.3. The highest BCUT2D eigenvalue weighted by Crippen LogP contribution is 2.29. The Kier molecular flexibility index (Phi) is 8.62. The zero-order chi connectivity index (χ0) is 21.9. The van der Waals surface area contributed by atoms with E-state index in [2.05, 4.69) is 5.32 Å². The van der Waals surface area contributed by atoms with Crippen LogP contribution in [0.15, 0.2) is 54.2 Å². The molecule has 0 heterocycles. The van der Waals surface area contributed by atoms with Crippen molar-refractivity contribution in [3.63, 3.8) is 0 Å². The first-order valence-electron chi connectivity index (χ1n) is 9.56. The van der Waals surface area contributed by atoms with Crippen LogP contribution in [0, 0.1) is 0 Å². The molecule has 7 nitrogen and oxygen atoms in total. The topological polar surface area (TPSA) is 90.9 Å². The smallest absolute Gasteiger partial charge is 0.354 e. The molecule has 0 saturated heterocycles. The van der Waals surface area contributed by atoms with Crippen LogP contribution < -0.4 is 14.8 Å². The number of unbranched alkanes of at least 4 members (excludes halogenated alkanes) is 1. The van der Waals surface area contributed by atoms with Gasteiger partial charge >= 0.3 is 11.9 Å². The molecule has 7 heteroatoms. The van der Waals surface area contributed by atoms with Crippen molar-refractivity contribution in [2.45, 2.75) is 26.7 Å². The Morgan fingerprint density at radius 2 is 1.77 bits per heavy atom. The number of carbonyl (C=O) groups is 3. The van der Waals surface area contributed by atoms with Crippen LogP contribution in [-0.2, 0) is 14.3 Å². The molecule has 30 heavy (non-hydrogen) atoms. The van der Waals surface area contributed by atoms with E-state index in [1.54, 1.807) is 48.5 Å². The number of esters is 2. The van der Waals surface area contributed by atoms with E-state index in [1.807, 2.05) is 6.92 Å². The third-order valence-corrected chi connectivity index (χ3v) is 3.99. The monoisotopic (exact) mass is 411 g/mol. The summed E-state index contributed by atoms with van der Waals surface area (Å²) in [5.74, 6) is -0.991. The third-order valence-electron chi connectivity index (χ3n) is 3.99. The fourth-order valence-corrected chi connectivity index (χ4v) is 2.50. The molecule has 0 aliphatic rings. The maximum atomic E-state index is 12.6.